The van der Waals surface area contributed by atoms with E-state index in [9.17, 15) is 22.8 Å². The maximum atomic E-state index is 13.7. The molecular weight excluding hydrogens is 413 g/mol. The second kappa shape index (κ2) is 8.27. The largest absolute Gasteiger partial charge is 0.333 e. The molecule has 1 amide bonds. The third-order valence-electron chi connectivity index (χ3n) is 4.30. The molecule has 0 aliphatic rings. The van der Waals surface area contributed by atoms with Crippen LogP contribution in [0.1, 0.15) is 0 Å². The summed E-state index contributed by atoms with van der Waals surface area (Å²) in [5.74, 6) is -2.75. The van der Waals surface area contributed by atoms with Crippen LogP contribution in [0.4, 0.5) is 18.9 Å². The number of hydrogen-bond acceptors (Lipinski definition) is 5. The number of amides is 1. The van der Waals surface area contributed by atoms with Crippen molar-refractivity contribution in [2.24, 2.45) is 0 Å². The first kappa shape index (κ1) is 20.1. The summed E-state index contributed by atoms with van der Waals surface area (Å²) in [5.41, 5.74) is -0.263. The van der Waals surface area contributed by atoms with Gasteiger partial charge in [0, 0.05) is 17.8 Å². The molecule has 2 aromatic carbocycles. The predicted octanol–water partition coefficient (Wildman–Crippen LogP) is 3.62. The molecule has 7 nitrogen and oxygen atoms in total. The summed E-state index contributed by atoms with van der Waals surface area (Å²) in [6.45, 7) is -0.428. The third kappa shape index (κ3) is 4.37. The lowest BCUT2D eigenvalue weighted by molar-refractivity contribution is -0.116. The summed E-state index contributed by atoms with van der Waals surface area (Å²) < 4.78 is 46.0. The van der Waals surface area contributed by atoms with Gasteiger partial charge in [0.25, 0.3) is 11.4 Å². The molecule has 4 rings (SSSR count). The van der Waals surface area contributed by atoms with Gasteiger partial charge in [0.1, 0.15) is 29.6 Å². The zero-order chi connectivity index (χ0) is 22.0. The maximum Gasteiger partial charge on any atom is 0.263 e. The molecule has 2 heterocycles. The first-order valence-electron chi connectivity index (χ1n) is 8.95. The first-order valence-corrected chi connectivity index (χ1v) is 8.95. The molecule has 0 aliphatic carbocycles. The van der Waals surface area contributed by atoms with E-state index in [0.717, 1.165) is 16.7 Å². The van der Waals surface area contributed by atoms with Crippen LogP contribution in [0.15, 0.2) is 70.1 Å². The quantitative estimate of drug-likeness (QED) is 0.527. The number of pyridine rings is 1. The van der Waals surface area contributed by atoms with Gasteiger partial charge >= 0.3 is 0 Å². The highest BCUT2D eigenvalue weighted by Crippen LogP contribution is 2.20. The molecule has 31 heavy (non-hydrogen) atoms. The predicted molar refractivity (Wildman–Crippen MR) is 104 cm³/mol. The van der Waals surface area contributed by atoms with Gasteiger partial charge in [0.05, 0.1) is 5.69 Å². The number of carbonyl (C=O) groups excluding carboxylic acids is 1. The number of rotatable bonds is 5. The van der Waals surface area contributed by atoms with Gasteiger partial charge in [-0.3, -0.25) is 9.59 Å². The Bertz CT molecular complexity index is 1320. The summed E-state index contributed by atoms with van der Waals surface area (Å²) >= 11 is 0. The molecule has 0 aliphatic heterocycles. The molecule has 1 N–H and O–H groups in total. The van der Waals surface area contributed by atoms with E-state index in [1.165, 1.54) is 42.6 Å². The third-order valence-corrected chi connectivity index (χ3v) is 4.30. The van der Waals surface area contributed by atoms with Crippen molar-refractivity contribution < 1.29 is 22.5 Å². The number of benzene rings is 2. The minimum atomic E-state index is -0.936. The molecule has 2 aromatic heterocycles. The minimum absolute atomic E-state index is 0.0455. The Morgan fingerprint density at radius 3 is 2.52 bits per heavy atom. The van der Waals surface area contributed by atoms with E-state index in [4.69, 9.17) is 4.52 Å². The average Bonchev–Trinajstić information content (AvgIpc) is 3.22. The summed E-state index contributed by atoms with van der Waals surface area (Å²) in [6.07, 6.45) is 1.36. The molecule has 156 valence electrons. The second-order valence-electron chi connectivity index (χ2n) is 6.46. The Morgan fingerprint density at radius 2 is 1.77 bits per heavy atom. The van der Waals surface area contributed by atoms with E-state index in [1.54, 1.807) is 0 Å². The smallest absolute Gasteiger partial charge is 0.263 e. The van der Waals surface area contributed by atoms with Crippen molar-refractivity contribution in [2.45, 2.75) is 6.54 Å². The van der Waals surface area contributed by atoms with Crippen molar-refractivity contribution in [3.05, 3.63) is 88.6 Å². The lowest BCUT2D eigenvalue weighted by Gasteiger charge is -2.09. The molecular formula is C21H13F3N4O3. The monoisotopic (exact) mass is 426 g/mol. The number of anilines is 1. The summed E-state index contributed by atoms with van der Waals surface area (Å²) in [7, 11) is 0. The summed E-state index contributed by atoms with van der Waals surface area (Å²) in [6, 6.07) is 11.1. The molecule has 0 fully saturated rings. The van der Waals surface area contributed by atoms with Crippen LogP contribution in [0, 0.1) is 17.5 Å². The van der Waals surface area contributed by atoms with Crippen LogP contribution in [0.2, 0.25) is 0 Å². The number of aromatic nitrogens is 3. The number of nitrogens with zero attached hydrogens (tertiary/aromatic N) is 3. The molecule has 10 heteroatoms. The van der Waals surface area contributed by atoms with E-state index in [1.807, 2.05) is 0 Å². The Balaban J connectivity index is 1.55. The van der Waals surface area contributed by atoms with Gasteiger partial charge in [-0.15, -0.1) is 0 Å². The molecule has 0 spiro atoms. The van der Waals surface area contributed by atoms with E-state index in [-0.39, 0.29) is 23.0 Å². The number of halogens is 3. The minimum Gasteiger partial charge on any atom is -0.333 e. The van der Waals surface area contributed by atoms with Gasteiger partial charge in [-0.25, -0.2) is 13.2 Å². The van der Waals surface area contributed by atoms with Crippen LogP contribution in [0.25, 0.3) is 22.8 Å². The number of hydrogen-bond donors (Lipinski definition) is 1. The summed E-state index contributed by atoms with van der Waals surface area (Å²) in [5, 5.41) is 6.07. The Morgan fingerprint density at radius 1 is 1.03 bits per heavy atom. The van der Waals surface area contributed by atoms with Crippen molar-refractivity contribution in [3.8, 4) is 22.8 Å². The summed E-state index contributed by atoms with van der Waals surface area (Å²) in [4.78, 5) is 29.1. The van der Waals surface area contributed by atoms with Crippen LogP contribution < -0.4 is 10.9 Å². The van der Waals surface area contributed by atoms with Crippen molar-refractivity contribution in [1.29, 1.82) is 0 Å². The Kier molecular flexibility index (Phi) is 5.35. The van der Waals surface area contributed by atoms with Crippen LogP contribution >= 0.6 is 0 Å². The zero-order valence-electron chi connectivity index (χ0n) is 15.7. The molecule has 0 saturated carbocycles. The van der Waals surface area contributed by atoms with E-state index < -0.39 is 35.5 Å². The Hall–Kier alpha value is -4.21. The van der Waals surface area contributed by atoms with E-state index >= 15 is 0 Å². The highest BCUT2D eigenvalue weighted by molar-refractivity contribution is 5.90. The SMILES string of the molecule is O=C(Cn1cccc(-c2nc(-c3ccc(F)cc3)no2)c1=O)Nc1ccc(F)cc1F. The van der Waals surface area contributed by atoms with Gasteiger partial charge in [-0.05, 0) is 48.5 Å². The number of nitrogens with one attached hydrogen (secondary N) is 1. The standard InChI is InChI=1S/C21H13F3N4O3/c22-13-5-3-12(4-6-13)19-26-20(31-27-19)15-2-1-9-28(21(15)30)11-18(29)25-17-8-7-14(23)10-16(17)24/h1-10H,11H2,(H,25,29). The van der Waals surface area contributed by atoms with Gasteiger partial charge in [-0.1, -0.05) is 5.16 Å². The fourth-order valence-electron chi connectivity index (χ4n) is 2.81. The first-order chi connectivity index (χ1) is 14.9. The fraction of sp³-hybridized carbons (Fsp3) is 0.0476. The molecule has 0 unspecified atom stereocenters. The van der Waals surface area contributed by atoms with Crippen molar-refractivity contribution >= 4 is 11.6 Å². The molecule has 0 radical (unpaired) electrons. The average molecular weight is 426 g/mol. The second-order valence-corrected chi connectivity index (χ2v) is 6.46. The van der Waals surface area contributed by atoms with Crippen LogP contribution in [-0.2, 0) is 11.3 Å². The van der Waals surface area contributed by atoms with E-state index in [2.05, 4.69) is 15.5 Å². The van der Waals surface area contributed by atoms with Gasteiger partial charge in [0.15, 0.2) is 0 Å². The van der Waals surface area contributed by atoms with Crippen LogP contribution in [0.5, 0.6) is 0 Å². The lowest BCUT2D eigenvalue weighted by Crippen LogP contribution is -2.28. The van der Waals surface area contributed by atoms with Gasteiger partial charge < -0.3 is 14.4 Å². The van der Waals surface area contributed by atoms with Gasteiger partial charge in [-0.2, -0.15) is 4.98 Å². The molecule has 0 atom stereocenters. The van der Waals surface area contributed by atoms with Crippen molar-refractivity contribution in [3.63, 3.8) is 0 Å². The van der Waals surface area contributed by atoms with Crippen molar-refractivity contribution in [1.82, 2.24) is 14.7 Å². The molecule has 4 aromatic rings. The highest BCUT2D eigenvalue weighted by atomic mass is 19.1. The Labute approximate surface area is 172 Å². The van der Waals surface area contributed by atoms with E-state index in [0.29, 0.717) is 11.6 Å². The van der Waals surface area contributed by atoms with Crippen molar-refractivity contribution in [2.75, 3.05) is 5.32 Å². The van der Waals surface area contributed by atoms with Crippen LogP contribution in [-0.4, -0.2) is 20.6 Å². The maximum absolute atomic E-state index is 13.7. The fourth-order valence-corrected chi connectivity index (χ4v) is 2.81. The lowest BCUT2D eigenvalue weighted by atomic mass is 10.2. The topological polar surface area (TPSA) is 90.0 Å². The molecule has 0 bridgehead atoms. The highest BCUT2D eigenvalue weighted by Gasteiger charge is 2.16. The molecule has 0 saturated heterocycles. The zero-order valence-corrected chi connectivity index (χ0v) is 15.7. The van der Waals surface area contributed by atoms with Gasteiger partial charge in [0.2, 0.25) is 11.7 Å². The number of carbonyl (C=O) groups is 1. The van der Waals surface area contributed by atoms with Crippen LogP contribution in [0.3, 0.4) is 0 Å². The normalized spacial score (nSPS) is 10.8.